The molecule has 0 radical (unpaired) electrons. The third-order valence-corrected chi connectivity index (χ3v) is 3.48. The predicted molar refractivity (Wildman–Crippen MR) is 78.4 cm³/mol. The maximum atomic E-state index is 5.42. The van der Waals surface area contributed by atoms with Crippen molar-refractivity contribution < 1.29 is 0 Å². The summed E-state index contributed by atoms with van der Waals surface area (Å²) < 4.78 is 0. The Hall–Kier alpha value is -1.87. The Morgan fingerprint density at radius 3 is 2.56 bits per heavy atom. The maximum Gasteiger partial charge on any atom is 0.174 e. The van der Waals surface area contributed by atoms with Gasteiger partial charge in [-0.25, -0.2) is 0 Å². The molecule has 1 N–H and O–H groups in total. The van der Waals surface area contributed by atoms with E-state index in [0.29, 0.717) is 0 Å². The second kappa shape index (κ2) is 4.78. The molecule has 0 saturated carbocycles. The second-order valence-electron chi connectivity index (χ2n) is 4.43. The third kappa shape index (κ3) is 2.22. The Morgan fingerprint density at radius 2 is 1.72 bits per heavy atom. The number of nitrogens with one attached hydrogen (secondary N) is 1. The van der Waals surface area contributed by atoms with Crippen molar-refractivity contribution in [3.8, 4) is 0 Å². The van der Waals surface area contributed by atoms with Gasteiger partial charge in [0.15, 0.2) is 5.11 Å². The average Bonchev–Trinajstić information content (AvgIpc) is 2.41. The van der Waals surface area contributed by atoms with Crippen LogP contribution in [-0.4, -0.2) is 10.0 Å². The molecule has 3 heteroatoms. The predicted octanol–water partition coefficient (Wildman–Crippen LogP) is 3.40. The lowest BCUT2D eigenvalue weighted by molar-refractivity contribution is 0.407. The van der Waals surface area contributed by atoms with Crippen LogP contribution in [0, 0.1) is 0 Å². The highest BCUT2D eigenvalue weighted by Crippen LogP contribution is 2.23. The molecule has 2 aromatic rings. The number of para-hydroxylation sites is 1. The number of anilines is 1. The van der Waals surface area contributed by atoms with Crippen LogP contribution in [0.15, 0.2) is 54.6 Å². The number of thiocarbonyl (C=S) groups is 1. The number of hydrogen-bond donors (Lipinski definition) is 1. The van der Waals surface area contributed by atoms with Crippen LogP contribution in [0.25, 0.3) is 0 Å². The van der Waals surface area contributed by atoms with E-state index in [1.165, 1.54) is 11.1 Å². The Kier molecular flexibility index (Phi) is 2.99. The van der Waals surface area contributed by atoms with Crippen molar-refractivity contribution in [2.75, 3.05) is 5.32 Å². The fourth-order valence-electron chi connectivity index (χ4n) is 2.18. The zero-order chi connectivity index (χ0) is 12.4. The van der Waals surface area contributed by atoms with Gasteiger partial charge in [0.2, 0.25) is 0 Å². The lowest BCUT2D eigenvalue weighted by Crippen LogP contribution is -2.37. The molecule has 2 aromatic carbocycles. The van der Waals surface area contributed by atoms with Gasteiger partial charge in [-0.1, -0.05) is 48.5 Å². The van der Waals surface area contributed by atoms with E-state index in [4.69, 9.17) is 12.2 Å². The molecule has 1 heterocycles. The van der Waals surface area contributed by atoms with Gasteiger partial charge >= 0.3 is 0 Å². The fraction of sp³-hybridized carbons (Fsp3) is 0.133. The van der Waals surface area contributed by atoms with Gasteiger partial charge in [0.25, 0.3) is 0 Å². The standard InChI is InChI=1S/C15H14N2S/c18-15-16-14-9-5-4-8-13(14)11-17(15)10-12-6-2-1-3-7-12/h1-9H,10-11H2,(H,16,18). The Bertz CT molecular complexity index is 566. The normalized spacial score (nSPS) is 14.0. The minimum Gasteiger partial charge on any atom is -0.340 e. The van der Waals surface area contributed by atoms with E-state index in [-0.39, 0.29) is 0 Å². The summed E-state index contributed by atoms with van der Waals surface area (Å²) >= 11 is 5.42. The van der Waals surface area contributed by atoms with Crippen molar-refractivity contribution in [3.63, 3.8) is 0 Å². The molecule has 0 spiro atoms. The van der Waals surface area contributed by atoms with Gasteiger partial charge in [-0.2, -0.15) is 0 Å². The monoisotopic (exact) mass is 254 g/mol. The molecule has 0 saturated heterocycles. The Labute approximate surface area is 112 Å². The lowest BCUT2D eigenvalue weighted by atomic mass is 10.1. The summed E-state index contributed by atoms with van der Waals surface area (Å²) in [4.78, 5) is 2.19. The molecular formula is C15H14N2S. The molecule has 1 aliphatic heterocycles. The highest BCUT2D eigenvalue weighted by molar-refractivity contribution is 7.80. The van der Waals surface area contributed by atoms with Crippen molar-refractivity contribution in [2.24, 2.45) is 0 Å². The van der Waals surface area contributed by atoms with Crippen LogP contribution in [0.5, 0.6) is 0 Å². The van der Waals surface area contributed by atoms with Crippen LogP contribution in [-0.2, 0) is 13.1 Å². The molecule has 0 amide bonds. The molecule has 0 fully saturated rings. The molecule has 18 heavy (non-hydrogen) atoms. The molecule has 0 bridgehead atoms. The number of nitrogens with zero attached hydrogens (tertiary/aromatic N) is 1. The maximum absolute atomic E-state index is 5.42. The van der Waals surface area contributed by atoms with Crippen LogP contribution in [0.3, 0.4) is 0 Å². The van der Waals surface area contributed by atoms with Crippen LogP contribution < -0.4 is 5.32 Å². The zero-order valence-electron chi connectivity index (χ0n) is 9.97. The summed E-state index contributed by atoms with van der Waals surface area (Å²) in [6.45, 7) is 1.72. The van der Waals surface area contributed by atoms with Crippen molar-refractivity contribution in [2.45, 2.75) is 13.1 Å². The number of benzene rings is 2. The molecule has 90 valence electrons. The van der Waals surface area contributed by atoms with Gasteiger partial charge in [0.05, 0.1) is 0 Å². The highest BCUT2D eigenvalue weighted by Gasteiger charge is 2.18. The van der Waals surface area contributed by atoms with E-state index in [1.807, 2.05) is 12.1 Å². The van der Waals surface area contributed by atoms with E-state index >= 15 is 0 Å². The number of rotatable bonds is 2. The summed E-state index contributed by atoms with van der Waals surface area (Å²) in [5.74, 6) is 0. The van der Waals surface area contributed by atoms with E-state index in [9.17, 15) is 0 Å². The average molecular weight is 254 g/mol. The van der Waals surface area contributed by atoms with Gasteiger partial charge in [0, 0.05) is 18.8 Å². The smallest absolute Gasteiger partial charge is 0.174 e. The largest absolute Gasteiger partial charge is 0.340 e. The molecular weight excluding hydrogens is 240 g/mol. The van der Waals surface area contributed by atoms with Gasteiger partial charge in [-0.15, -0.1) is 0 Å². The first-order valence-corrected chi connectivity index (χ1v) is 6.41. The molecule has 0 atom stereocenters. The topological polar surface area (TPSA) is 15.3 Å². The van der Waals surface area contributed by atoms with Crippen molar-refractivity contribution >= 4 is 23.0 Å². The number of hydrogen-bond acceptors (Lipinski definition) is 1. The van der Waals surface area contributed by atoms with Crippen LogP contribution in [0.4, 0.5) is 5.69 Å². The quantitative estimate of drug-likeness (QED) is 0.827. The zero-order valence-corrected chi connectivity index (χ0v) is 10.8. The van der Waals surface area contributed by atoms with Crippen molar-refractivity contribution in [1.82, 2.24) is 4.90 Å². The van der Waals surface area contributed by atoms with Crippen LogP contribution in [0.1, 0.15) is 11.1 Å². The summed E-state index contributed by atoms with van der Waals surface area (Å²) in [5, 5.41) is 4.09. The van der Waals surface area contributed by atoms with Gasteiger partial charge in [-0.3, -0.25) is 0 Å². The summed E-state index contributed by atoms with van der Waals surface area (Å²) in [7, 11) is 0. The van der Waals surface area contributed by atoms with E-state index in [2.05, 4.69) is 52.7 Å². The van der Waals surface area contributed by atoms with Gasteiger partial charge in [0.1, 0.15) is 0 Å². The summed E-state index contributed by atoms with van der Waals surface area (Å²) in [6, 6.07) is 18.7. The van der Waals surface area contributed by atoms with Gasteiger partial charge < -0.3 is 10.2 Å². The second-order valence-corrected chi connectivity index (χ2v) is 4.82. The lowest BCUT2D eigenvalue weighted by Gasteiger charge is -2.32. The molecule has 0 aromatic heterocycles. The van der Waals surface area contributed by atoms with Crippen molar-refractivity contribution in [3.05, 3.63) is 65.7 Å². The number of fused-ring (bicyclic) bond motifs is 1. The summed E-state index contributed by atoms with van der Waals surface area (Å²) in [5.41, 5.74) is 3.70. The van der Waals surface area contributed by atoms with Crippen LogP contribution >= 0.6 is 12.2 Å². The first-order valence-electron chi connectivity index (χ1n) is 6.01. The minimum atomic E-state index is 0.803. The third-order valence-electron chi connectivity index (χ3n) is 3.12. The molecule has 0 aliphatic carbocycles. The highest BCUT2D eigenvalue weighted by atomic mass is 32.1. The Morgan fingerprint density at radius 1 is 1.00 bits per heavy atom. The SMILES string of the molecule is S=C1Nc2ccccc2CN1Cc1ccccc1. The van der Waals surface area contributed by atoms with Crippen LogP contribution in [0.2, 0.25) is 0 Å². The summed E-state index contributed by atoms with van der Waals surface area (Å²) in [6.07, 6.45) is 0. The van der Waals surface area contributed by atoms with Crippen molar-refractivity contribution in [1.29, 1.82) is 0 Å². The van der Waals surface area contributed by atoms with E-state index in [1.54, 1.807) is 0 Å². The molecule has 0 unspecified atom stereocenters. The van der Waals surface area contributed by atoms with E-state index < -0.39 is 0 Å². The molecule has 2 nitrogen and oxygen atoms in total. The first-order chi connectivity index (χ1) is 8.83. The Balaban J connectivity index is 1.81. The minimum absolute atomic E-state index is 0.803. The first kappa shape index (κ1) is 11.2. The fourth-order valence-corrected chi connectivity index (χ4v) is 2.42. The molecule has 3 rings (SSSR count). The molecule has 1 aliphatic rings. The van der Waals surface area contributed by atoms with Gasteiger partial charge in [-0.05, 0) is 29.4 Å². The van der Waals surface area contributed by atoms with E-state index in [0.717, 1.165) is 23.9 Å².